The molecule has 0 N–H and O–H groups in total. The lowest BCUT2D eigenvalue weighted by molar-refractivity contribution is -0.305. The summed E-state index contributed by atoms with van der Waals surface area (Å²) in [4.78, 5) is 39.6. The van der Waals surface area contributed by atoms with Crippen LogP contribution in [0, 0.1) is 0 Å². The number of carbonyl (C=O) groups excluding carboxylic acids is 3. The van der Waals surface area contributed by atoms with Crippen LogP contribution < -0.4 is 14.6 Å². The van der Waals surface area contributed by atoms with Gasteiger partial charge in [0.1, 0.15) is 6.61 Å². The molecular formula is C26H28NO6-. The molecule has 0 unspecified atom stereocenters. The van der Waals surface area contributed by atoms with E-state index >= 15 is 0 Å². The van der Waals surface area contributed by atoms with E-state index in [1.54, 1.807) is 17.0 Å². The van der Waals surface area contributed by atoms with E-state index < -0.39 is 11.9 Å². The van der Waals surface area contributed by atoms with Crippen molar-refractivity contribution in [1.82, 2.24) is 4.90 Å². The summed E-state index contributed by atoms with van der Waals surface area (Å²) in [5.74, 6) is -0.765. The van der Waals surface area contributed by atoms with Gasteiger partial charge in [0.25, 0.3) is 0 Å². The molecule has 7 heteroatoms. The van der Waals surface area contributed by atoms with Gasteiger partial charge in [-0.25, -0.2) is 0 Å². The summed E-state index contributed by atoms with van der Waals surface area (Å²) in [5.41, 5.74) is 3.23. The highest BCUT2D eigenvalue weighted by Crippen LogP contribution is 2.49. The molecule has 174 valence electrons. The summed E-state index contributed by atoms with van der Waals surface area (Å²) in [6.45, 7) is 5.94. The number of nitrogens with zero attached hydrogens (tertiary/aromatic N) is 1. The molecule has 0 saturated carbocycles. The van der Waals surface area contributed by atoms with Crippen molar-refractivity contribution < 1.29 is 29.0 Å². The second kappa shape index (κ2) is 9.65. The molecule has 1 aromatic rings. The first-order valence-corrected chi connectivity index (χ1v) is 11.5. The second-order valence-electron chi connectivity index (χ2n) is 8.40. The molecule has 0 saturated heterocycles. The maximum atomic E-state index is 13.2. The smallest absolute Gasteiger partial charge is 0.161 e. The number of hydrogen-bond donors (Lipinski definition) is 0. The number of ketones is 2. The molecule has 0 bridgehead atoms. The predicted molar refractivity (Wildman–Crippen MR) is 120 cm³/mol. The van der Waals surface area contributed by atoms with E-state index in [-0.39, 0.29) is 18.1 Å². The fourth-order valence-corrected chi connectivity index (χ4v) is 5.11. The van der Waals surface area contributed by atoms with Gasteiger partial charge in [-0.3, -0.25) is 9.59 Å². The highest BCUT2D eigenvalue weighted by molar-refractivity contribution is 6.06. The van der Waals surface area contributed by atoms with Crippen LogP contribution in [0.25, 0.3) is 0 Å². The second-order valence-corrected chi connectivity index (χ2v) is 8.40. The summed E-state index contributed by atoms with van der Waals surface area (Å²) in [5, 5.41) is 11.6. The van der Waals surface area contributed by atoms with Crippen molar-refractivity contribution in [2.24, 2.45) is 0 Å². The fourth-order valence-electron chi connectivity index (χ4n) is 5.11. The van der Waals surface area contributed by atoms with Gasteiger partial charge in [0.2, 0.25) is 0 Å². The van der Waals surface area contributed by atoms with Crippen LogP contribution in [0.4, 0.5) is 0 Å². The topological polar surface area (TPSA) is 96.0 Å². The molecule has 0 radical (unpaired) electrons. The minimum atomic E-state index is -1.23. The summed E-state index contributed by atoms with van der Waals surface area (Å²) in [6.07, 6.45) is 4.90. The van der Waals surface area contributed by atoms with Crippen molar-refractivity contribution in [2.45, 2.75) is 51.4 Å². The Bertz CT molecular complexity index is 1020. The van der Waals surface area contributed by atoms with Gasteiger partial charge < -0.3 is 24.3 Å². The number of Topliss-reactive ketones (excluding diaryl/α,β-unsaturated/α-hetero) is 2. The van der Waals surface area contributed by atoms with Crippen LogP contribution in [0.1, 0.15) is 56.9 Å². The van der Waals surface area contributed by atoms with Gasteiger partial charge >= 0.3 is 0 Å². The van der Waals surface area contributed by atoms with Gasteiger partial charge in [0, 0.05) is 41.3 Å². The van der Waals surface area contributed by atoms with Crippen molar-refractivity contribution in [3.63, 3.8) is 0 Å². The van der Waals surface area contributed by atoms with E-state index in [2.05, 4.69) is 6.58 Å². The third kappa shape index (κ3) is 4.32. The quantitative estimate of drug-likeness (QED) is 0.562. The van der Waals surface area contributed by atoms with Gasteiger partial charge in [0.15, 0.2) is 23.1 Å². The summed E-state index contributed by atoms with van der Waals surface area (Å²) in [6, 6.07) is 5.48. The average Bonchev–Trinajstić information content (AvgIpc) is 2.79. The lowest BCUT2D eigenvalue weighted by Gasteiger charge is -2.44. The SMILES string of the molecule is C=CCOc1ccc(C2C3=C(CCCC3=O)N(CC(=O)[O-])C3=C2C(=O)CCC3)cc1OCC. The van der Waals surface area contributed by atoms with E-state index in [4.69, 9.17) is 9.47 Å². The molecule has 4 rings (SSSR count). The normalized spacial score (nSPS) is 18.8. The van der Waals surface area contributed by atoms with Crippen molar-refractivity contribution >= 4 is 17.5 Å². The molecule has 33 heavy (non-hydrogen) atoms. The Morgan fingerprint density at radius 3 is 2.24 bits per heavy atom. The summed E-state index contributed by atoms with van der Waals surface area (Å²) < 4.78 is 11.5. The molecule has 0 fully saturated rings. The Morgan fingerprint density at radius 2 is 1.70 bits per heavy atom. The number of carboxylic acid groups (broad SMARTS) is 1. The zero-order valence-electron chi connectivity index (χ0n) is 18.9. The summed E-state index contributed by atoms with van der Waals surface area (Å²) >= 11 is 0. The van der Waals surface area contributed by atoms with E-state index in [0.717, 1.165) is 5.56 Å². The van der Waals surface area contributed by atoms with Crippen LogP contribution in [0.2, 0.25) is 0 Å². The van der Waals surface area contributed by atoms with E-state index in [0.29, 0.717) is 85.8 Å². The maximum Gasteiger partial charge on any atom is 0.161 e. The monoisotopic (exact) mass is 450 g/mol. The van der Waals surface area contributed by atoms with Crippen LogP contribution in [0.15, 0.2) is 53.4 Å². The molecule has 1 heterocycles. The van der Waals surface area contributed by atoms with Crippen LogP contribution in [0.3, 0.4) is 0 Å². The highest BCUT2D eigenvalue weighted by Gasteiger charge is 2.43. The number of allylic oxidation sites excluding steroid dienone is 4. The van der Waals surface area contributed by atoms with Crippen molar-refractivity contribution in [1.29, 1.82) is 0 Å². The van der Waals surface area contributed by atoms with E-state index in [9.17, 15) is 19.5 Å². The summed E-state index contributed by atoms with van der Waals surface area (Å²) in [7, 11) is 0. The number of carboxylic acids is 1. The average molecular weight is 451 g/mol. The molecule has 3 aliphatic rings. The molecule has 0 aromatic heterocycles. The van der Waals surface area contributed by atoms with Crippen LogP contribution >= 0.6 is 0 Å². The van der Waals surface area contributed by atoms with Gasteiger partial charge in [0.05, 0.1) is 19.1 Å². The highest BCUT2D eigenvalue weighted by atomic mass is 16.5. The Morgan fingerprint density at radius 1 is 1.06 bits per heavy atom. The minimum Gasteiger partial charge on any atom is -0.548 e. The number of hydrogen-bond acceptors (Lipinski definition) is 7. The molecule has 2 aliphatic carbocycles. The molecule has 7 nitrogen and oxygen atoms in total. The molecular weight excluding hydrogens is 422 g/mol. The van der Waals surface area contributed by atoms with Gasteiger partial charge in [-0.05, 0) is 50.3 Å². The van der Waals surface area contributed by atoms with Crippen molar-refractivity contribution in [3.05, 3.63) is 59.0 Å². The van der Waals surface area contributed by atoms with Gasteiger partial charge in [-0.2, -0.15) is 0 Å². The first-order valence-electron chi connectivity index (χ1n) is 11.5. The fraction of sp³-hybridized carbons (Fsp3) is 0.423. The third-order valence-corrected chi connectivity index (χ3v) is 6.33. The molecule has 0 spiro atoms. The molecule has 0 amide bonds. The first-order chi connectivity index (χ1) is 16.0. The number of rotatable bonds is 8. The first kappa shape index (κ1) is 22.8. The predicted octanol–water partition coefficient (Wildman–Crippen LogP) is 2.81. The Kier molecular flexibility index (Phi) is 6.67. The number of ether oxygens (including phenoxy) is 2. The number of benzene rings is 1. The zero-order chi connectivity index (χ0) is 23.5. The maximum absolute atomic E-state index is 13.2. The van der Waals surface area contributed by atoms with Crippen LogP contribution in [-0.4, -0.2) is 42.2 Å². The van der Waals surface area contributed by atoms with Gasteiger partial charge in [-0.1, -0.05) is 18.7 Å². The largest absolute Gasteiger partial charge is 0.548 e. The van der Waals surface area contributed by atoms with E-state index in [1.165, 1.54) is 0 Å². The van der Waals surface area contributed by atoms with Crippen molar-refractivity contribution in [3.8, 4) is 11.5 Å². The Hall–Kier alpha value is -3.35. The van der Waals surface area contributed by atoms with Crippen LogP contribution in [-0.2, 0) is 14.4 Å². The van der Waals surface area contributed by atoms with Crippen LogP contribution in [0.5, 0.6) is 11.5 Å². The number of aliphatic carboxylic acids is 1. The molecule has 1 aliphatic heterocycles. The number of carbonyl (C=O) groups is 3. The lowest BCUT2D eigenvalue weighted by atomic mass is 9.71. The van der Waals surface area contributed by atoms with E-state index in [1.807, 2.05) is 19.1 Å². The van der Waals surface area contributed by atoms with Crippen molar-refractivity contribution in [2.75, 3.05) is 19.8 Å². The van der Waals surface area contributed by atoms with Gasteiger partial charge in [-0.15, -0.1) is 0 Å². The lowest BCUT2D eigenvalue weighted by Crippen LogP contribution is -2.44. The third-order valence-electron chi connectivity index (χ3n) is 6.33. The minimum absolute atomic E-state index is 0.0422. The Balaban J connectivity index is 1.90. The standard InChI is InChI=1S/C26H29NO6/c1-3-13-33-21-12-11-16(14-22(21)32-4-2)24-25-17(7-5-9-19(25)28)27(15-23(30)31)18-8-6-10-20(29)26(18)24/h3,11-12,14,24H,1,4-10,13,15H2,2H3,(H,30,31)/p-1. The Labute approximate surface area is 193 Å². The zero-order valence-corrected chi connectivity index (χ0v) is 18.9. The molecule has 1 aromatic carbocycles. The molecule has 0 atom stereocenters.